The van der Waals surface area contributed by atoms with Crippen LogP contribution in [0.1, 0.15) is 56.1 Å². The van der Waals surface area contributed by atoms with E-state index in [0.717, 1.165) is 116 Å². The minimum atomic E-state index is 0.204. The summed E-state index contributed by atoms with van der Waals surface area (Å²) < 4.78 is 5.48. The topological polar surface area (TPSA) is 113 Å². The van der Waals surface area contributed by atoms with Crippen LogP contribution in [0.25, 0.3) is 0 Å². The monoisotopic (exact) mass is 623 g/mol. The molecule has 3 fully saturated rings. The number of benzene rings is 1. The third kappa shape index (κ3) is 12.0. The van der Waals surface area contributed by atoms with Crippen LogP contribution in [0.5, 0.6) is 0 Å². The Bertz CT molecular complexity index is 1090. The summed E-state index contributed by atoms with van der Waals surface area (Å²) in [6, 6.07) is 11.7. The van der Waals surface area contributed by atoms with Crippen LogP contribution >= 0.6 is 0 Å². The maximum absolute atomic E-state index is 9.33. The quantitative estimate of drug-likeness (QED) is 0.158. The van der Waals surface area contributed by atoms with Crippen LogP contribution in [0, 0.1) is 0 Å². The van der Waals surface area contributed by atoms with Gasteiger partial charge in [-0.1, -0.05) is 43.5 Å². The smallest absolute Gasteiger partial charge is 0.226 e. The molecule has 0 unspecified atom stereocenters. The van der Waals surface area contributed by atoms with E-state index in [9.17, 15) is 5.11 Å². The summed E-state index contributed by atoms with van der Waals surface area (Å²) in [7, 11) is 0. The van der Waals surface area contributed by atoms with E-state index < -0.39 is 0 Å². The van der Waals surface area contributed by atoms with E-state index in [4.69, 9.17) is 14.7 Å². The van der Waals surface area contributed by atoms with Crippen molar-refractivity contribution in [2.45, 2.75) is 64.1 Å². The summed E-state index contributed by atoms with van der Waals surface area (Å²) in [4.78, 5) is 16.8. The molecule has 2 saturated heterocycles. The molecule has 1 aromatic carbocycles. The number of rotatable bonds is 18. The molecular weight excluding hydrogens is 566 g/mol. The molecule has 0 atom stereocenters. The summed E-state index contributed by atoms with van der Waals surface area (Å²) in [6.45, 7) is 13.9. The number of hydrogen-bond donors (Lipinski definition) is 5. The van der Waals surface area contributed by atoms with E-state index in [0.29, 0.717) is 12.5 Å². The third-order valence-electron chi connectivity index (χ3n) is 9.26. The molecule has 1 saturated carbocycles. The van der Waals surface area contributed by atoms with Gasteiger partial charge in [-0.15, -0.1) is 0 Å². The summed E-state index contributed by atoms with van der Waals surface area (Å²) in [5.41, 5.74) is 2.52. The molecule has 5 rings (SSSR count). The molecule has 0 spiro atoms. The Morgan fingerprint density at radius 1 is 0.756 bits per heavy atom. The summed E-state index contributed by atoms with van der Waals surface area (Å²) in [5.74, 6) is 2.45. The first kappa shape index (κ1) is 33.8. The number of aliphatic hydroxyl groups excluding tert-OH is 1. The van der Waals surface area contributed by atoms with Crippen LogP contribution in [-0.4, -0.2) is 123 Å². The van der Waals surface area contributed by atoms with Crippen molar-refractivity contribution in [3.63, 3.8) is 0 Å². The first-order valence-corrected chi connectivity index (χ1v) is 17.5. The van der Waals surface area contributed by atoms with Gasteiger partial charge in [-0.25, -0.2) is 0 Å². The van der Waals surface area contributed by atoms with Crippen LogP contribution < -0.4 is 26.2 Å². The second-order valence-electron chi connectivity index (χ2n) is 12.7. The van der Waals surface area contributed by atoms with Gasteiger partial charge in [0.1, 0.15) is 11.6 Å². The van der Waals surface area contributed by atoms with Crippen molar-refractivity contribution in [1.29, 1.82) is 0 Å². The highest BCUT2D eigenvalue weighted by molar-refractivity contribution is 5.54. The van der Waals surface area contributed by atoms with Gasteiger partial charge in [-0.2, -0.15) is 9.97 Å². The van der Waals surface area contributed by atoms with Gasteiger partial charge in [0.05, 0.1) is 19.8 Å². The molecule has 2 aliphatic heterocycles. The Balaban J connectivity index is 1.08. The predicted molar refractivity (Wildman–Crippen MR) is 183 cm³/mol. The van der Waals surface area contributed by atoms with Crippen LogP contribution in [-0.2, 0) is 17.8 Å². The third-order valence-corrected chi connectivity index (χ3v) is 9.26. The minimum Gasteiger partial charge on any atom is -0.395 e. The normalized spacial score (nSPS) is 18.7. The SMILES string of the molecule is OCCN1CCN(c2cc(NCCCN3CCOCC3)nc(NCc3ccc(CNCCCNC4CCCCC4)cc3)n2)CC1. The van der Waals surface area contributed by atoms with Gasteiger partial charge in [-0.3, -0.25) is 9.80 Å². The Labute approximate surface area is 270 Å². The molecule has 250 valence electrons. The largest absolute Gasteiger partial charge is 0.395 e. The van der Waals surface area contributed by atoms with Gasteiger partial charge in [0.2, 0.25) is 5.95 Å². The molecule has 1 aromatic heterocycles. The van der Waals surface area contributed by atoms with Crippen molar-refractivity contribution < 1.29 is 9.84 Å². The van der Waals surface area contributed by atoms with Gasteiger partial charge in [0.25, 0.3) is 0 Å². The lowest BCUT2D eigenvalue weighted by Gasteiger charge is -2.35. The molecule has 11 nitrogen and oxygen atoms in total. The fraction of sp³-hybridized carbons (Fsp3) is 0.706. The van der Waals surface area contributed by atoms with Crippen molar-refractivity contribution in [2.75, 3.05) is 107 Å². The van der Waals surface area contributed by atoms with Crippen molar-refractivity contribution in [3.05, 3.63) is 41.5 Å². The van der Waals surface area contributed by atoms with Gasteiger partial charge in [0.15, 0.2) is 0 Å². The average Bonchev–Trinajstić information content (AvgIpc) is 3.09. The summed E-state index contributed by atoms with van der Waals surface area (Å²) in [6.07, 6.45) is 9.11. The van der Waals surface area contributed by atoms with Gasteiger partial charge < -0.3 is 36.0 Å². The first-order valence-electron chi connectivity index (χ1n) is 17.5. The molecule has 1 aliphatic carbocycles. The Morgan fingerprint density at radius 3 is 2.24 bits per heavy atom. The molecule has 3 heterocycles. The molecule has 3 aliphatic rings. The van der Waals surface area contributed by atoms with Crippen molar-refractivity contribution in [1.82, 2.24) is 30.4 Å². The number of hydrogen-bond acceptors (Lipinski definition) is 11. The standard InChI is InChI=1S/C34H57N9O2/c44-23-20-42-16-18-43(19-17-42)33-26-32(37-14-5-15-41-21-24-45-25-22-41)39-34(40-33)38-28-30-10-8-29(9-11-30)27-35-12-4-13-36-31-6-2-1-3-7-31/h8-11,26,31,35-36,44H,1-7,12-25,27-28H2,(H2,37,38,39,40). The molecular formula is C34H57N9O2. The summed E-state index contributed by atoms with van der Waals surface area (Å²) in [5, 5.41) is 23.7. The number of aliphatic hydroxyl groups is 1. The second-order valence-corrected chi connectivity index (χ2v) is 12.7. The van der Waals surface area contributed by atoms with E-state index >= 15 is 0 Å². The highest BCUT2D eigenvalue weighted by atomic mass is 16.5. The highest BCUT2D eigenvalue weighted by Crippen LogP contribution is 2.21. The first-order chi connectivity index (χ1) is 22.2. The van der Waals surface area contributed by atoms with Gasteiger partial charge in [0, 0.05) is 77.6 Å². The lowest BCUT2D eigenvalue weighted by molar-refractivity contribution is 0.0378. The molecule has 45 heavy (non-hydrogen) atoms. The fourth-order valence-electron chi connectivity index (χ4n) is 6.47. The highest BCUT2D eigenvalue weighted by Gasteiger charge is 2.19. The molecule has 0 amide bonds. The van der Waals surface area contributed by atoms with Crippen LogP contribution in [0.2, 0.25) is 0 Å². The number of anilines is 3. The molecule has 0 radical (unpaired) electrons. The maximum Gasteiger partial charge on any atom is 0.226 e. The summed E-state index contributed by atoms with van der Waals surface area (Å²) >= 11 is 0. The van der Waals surface area contributed by atoms with E-state index in [1.807, 2.05) is 0 Å². The van der Waals surface area contributed by atoms with Crippen LogP contribution in [0.4, 0.5) is 17.6 Å². The lowest BCUT2D eigenvalue weighted by Crippen LogP contribution is -2.47. The van der Waals surface area contributed by atoms with Crippen LogP contribution in [0.3, 0.4) is 0 Å². The van der Waals surface area contributed by atoms with Crippen LogP contribution in [0.15, 0.2) is 30.3 Å². The number of piperazine rings is 1. The van der Waals surface area contributed by atoms with Crippen molar-refractivity contribution >= 4 is 17.6 Å². The Hall–Kier alpha value is -2.54. The second kappa shape index (κ2) is 19.2. The predicted octanol–water partition coefficient (Wildman–Crippen LogP) is 2.74. The zero-order valence-electron chi connectivity index (χ0n) is 27.3. The fourth-order valence-corrected chi connectivity index (χ4v) is 6.47. The maximum atomic E-state index is 9.33. The van der Waals surface area contributed by atoms with Gasteiger partial charge >= 0.3 is 0 Å². The molecule has 11 heteroatoms. The van der Waals surface area contributed by atoms with E-state index in [1.165, 1.54) is 49.7 Å². The number of morpholine rings is 1. The van der Waals surface area contributed by atoms with E-state index in [2.05, 4.69) is 66.3 Å². The van der Waals surface area contributed by atoms with Crippen molar-refractivity contribution in [3.8, 4) is 0 Å². The van der Waals surface area contributed by atoms with E-state index in [1.54, 1.807) is 0 Å². The number of β-amino-alcohol motifs (C(OH)–C–C–N with tert-alkyl or cyclic N) is 1. The average molecular weight is 624 g/mol. The lowest BCUT2D eigenvalue weighted by atomic mass is 9.95. The van der Waals surface area contributed by atoms with Gasteiger partial charge in [-0.05, 0) is 56.4 Å². The number of nitrogens with zero attached hydrogens (tertiary/aromatic N) is 5. The van der Waals surface area contributed by atoms with Crippen molar-refractivity contribution in [2.24, 2.45) is 0 Å². The zero-order chi connectivity index (χ0) is 30.9. The number of ether oxygens (including phenoxy) is 1. The minimum absolute atomic E-state index is 0.204. The molecule has 2 aromatic rings. The molecule has 5 N–H and O–H groups in total. The Kier molecular flexibility index (Phi) is 14.4. The van der Waals surface area contributed by atoms with E-state index in [-0.39, 0.29) is 6.61 Å². The zero-order valence-corrected chi connectivity index (χ0v) is 27.3. The number of nitrogens with one attached hydrogen (secondary N) is 4. The Morgan fingerprint density at radius 2 is 1.49 bits per heavy atom. The molecule has 0 bridgehead atoms. The number of aromatic nitrogens is 2.